The molecule has 0 aliphatic rings. The second-order valence-corrected chi connectivity index (χ2v) is 7.39. The van der Waals surface area contributed by atoms with E-state index in [-0.39, 0.29) is 16.9 Å². The molecule has 0 amide bonds. The van der Waals surface area contributed by atoms with Crippen molar-refractivity contribution in [3.63, 3.8) is 0 Å². The maximum atomic E-state index is 12.3. The summed E-state index contributed by atoms with van der Waals surface area (Å²) in [5.41, 5.74) is -0.523. The fraction of sp³-hybridized carbons (Fsp3) is 0.308. The Kier molecular flexibility index (Phi) is 4.42. The van der Waals surface area contributed by atoms with Crippen LogP contribution in [0.5, 0.6) is 0 Å². The molecule has 0 bridgehead atoms. The number of nitrogens with one attached hydrogen (secondary N) is 2. The highest BCUT2D eigenvalue weighted by atomic mass is 32.2. The van der Waals surface area contributed by atoms with E-state index >= 15 is 0 Å². The highest BCUT2D eigenvalue weighted by molar-refractivity contribution is 7.89. The molecule has 0 aliphatic carbocycles. The first-order chi connectivity index (χ1) is 9.42. The van der Waals surface area contributed by atoms with E-state index in [1.165, 1.54) is 29.8 Å². The van der Waals surface area contributed by atoms with E-state index in [1.54, 1.807) is 0 Å². The summed E-state index contributed by atoms with van der Waals surface area (Å²) >= 11 is 1.49. The zero-order chi connectivity index (χ0) is 14.8. The van der Waals surface area contributed by atoms with E-state index in [4.69, 9.17) is 0 Å². The van der Waals surface area contributed by atoms with Gasteiger partial charge in [-0.25, -0.2) is 13.1 Å². The van der Waals surface area contributed by atoms with Crippen LogP contribution in [0.15, 0.2) is 45.7 Å². The normalized spacial score (nSPS) is 13.6. The molecule has 2 heterocycles. The van der Waals surface area contributed by atoms with Gasteiger partial charge in [-0.1, -0.05) is 19.9 Å². The van der Waals surface area contributed by atoms with Gasteiger partial charge in [-0.05, 0) is 17.4 Å². The predicted octanol–water partition coefficient (Wildman–Crippen LogP) is 2.11. The summed E-state index contributed by atoms with van der Waals surface area (Å²) in [6, 6.07) is 4.61. The summed E-state index contributed by atoms with van der Waals surface area (Å²) in [6.07, 6.45) is 2.61. The Morgan fingerprint density at radius 2 is 2.05 bits per heavy atom. The van der Waals surface area contributed by atoms with Crippen molar-refractivity contribution in [1.29, 1.82) is 0 Å². The van der Waals surface area contributed by atoms with Gasteiger partial charge >= 0.3 is 0 Å². The largest absolute Gasteiger partial charge is 0.366 e. The van der Waals surface area contributed by atoms with Gasteiger partial charge in [0.2, 0.25) is 15.5 Å². The predicted molar refractivity (Wildman–Crippen MR) is 79.3 cm³/mol. The van der Waals surface area contributed by atoms with Crippen molar-refractivity contribution >= 4 is 21.4 Å². The molecule has 1 atom stereocenters. The Bertz CT molecular complexity index is 718. The van der Waals surface area contributed by atoms with Crippen LogP contribution in [0.3, 0.4) is 0 Å². The number of H-pyrrole nitrogens is 1. The van der Waals surface area contributed by atoms with Crippen molar-refractivity contribution in [3.8, 4) is 0 Å². The Balaban J connectivity index is 2.36. The first-order valence-corrected chi connectivity index (χ1v) is 8.51. The van der Waals surface area contributed by atoms with E-state index < -0.39 is 15.5 Å². The van der Waals surface area contributed by atoms with Gasteiger partial charge in [0.05, 0.1) is 6.04 Å². The zero-order valence-corrected chi connectivity index (χ0v) is 12.8. The summed E-state index contributed by atoms with van der Waals surface area (Å²) in [4.78, 5) is 15.0. The maximum Gasteiger partial charge on any atom is 0.246 e. The van der Waals surface area contributed by atoms with Crippen molar-refractivity contribution in [1.82, 2.24) is 9.71 Å². The van der Waals surface area contributed by atoms with Gasteiger partial charge in [0.15, 0.2) is 0 Å². The first kappa shape index (κ1) is 15.0. The third kappa shape index (κ3) is 3.17. The van der Waals surface area contributed by atoms with Crippen LogP contribution < -0.4 is 10.2 Å². The van der Waals surface area contributed by atoms with Crippen molar-refractivity contribution in [2.75, 3.05) is 0 Å². The second-order valence-electron chi connectivity index (χ2n) is 4.73. The van der Waals surface area contributed by atoms with Gasteiger partial charge in [0, 0.05) is 23.3 Å². The van der Waals surface area contributed by atoms with Gasteiger partial charge in [-0.15, -0.1) is 11.3 Å². The number of hydrogen-bond acceptors (Lipinski definition) is 4. The molecule has 0 spiro atoms. The number of aromatic nitrogens is 1. The fourth-order valence-electron chi connectivity index (χ4n) is 1.83. The molecule has 108 valence electrons. The lowest BCUT2D eigenvalue weighted by atomic mass is 10.0. The number of sulfonamides is 1. The van der Waals surface area contributed by atoms with E-state index in [0.717, 1.165) is 4.88 Å². The van der Waals surface area contributed by atoms with Crippen LogP contribution in [0.25, 0.3) is 0 Å². The van der Waals surface area contributed by atoms with Crippen LogP contribution in [0.1, 0.15) is 24.8 Å². The highest BCUT2D eigenvalue weighted by Gasteiger charge is 2.26. The van der Waals surface area contributed by atoms with Gasteiger partial charge in [-0.3, -0.25) is 4.79 Å². The van der Waals surface area contributed by atoms with Crippen molar-refractivity contribution in [2.45, 2.75) is 24.8 Å². The monoisotopic (exact) mass is 312 g/mol. The minimum atomic E-state index is -3.85. The molecule has 0 saturated carbocycles. The Morgan fingerprint density at radius 1 is 1.30 bits per heavy atom. The number of aromatic amines is 1. The van der Waals surface area contributed by atoms with E-state index in [9.17, 15) is 13.2 Å². The van der Waals surface area contributed by atoms with Gasteiger partial charge < -0.3 is 4.98 Å². The van der Waals surface area contributed by atoms with Crippen LogP contribution in [0, 0.1) is 5.92 Å². The van der Waals surface area contributed by atoms with Gasteiger partial charge in [0.1, 0.15) is 4.90 Å². The summed E-state index contributed by atoms with van der Waals surface area (Å²) in [7, 11) is -3.85. The zero-order valence-electron chi connectivity index (χ0n) is 11.2. The third-order valence-corrected chi connectivity index (χ3v) is 5.29. The van der Waals surface area contributed by atoms with Gasteiger partial charge in [-0.2, -0.15) is 0 Å². The van der Waals surface area contributed by atoms with E-state index in [1.807, 2.05) is 31.4 Å². The van der Waals surface area contributed by atoms with Crippen LogP contribution in [0.2, 0.25) is 0 Å². The lowest BCUT2D eigenvalue weighted by Crippen LogP contribution is -2.33. The molecular formula is C13H16N2O3S2. The minimum Gasteiger partial charge on any atom is -0.366 e. The van der Waals surface area contributed by atoms with E-state index in [2.05, 4.69) is 9.71 Å². The van der Waals surface area contributed by atoms with Gasteiger partial charge in [0.25, 0.3) is 0 Å². The van der Waals surface area contributed by atoms with Crippen LogP contribution in [0.4, 0.5) is 0 Å². The number of thiophene rings is 1. The molecule has 0 fully saturated rings. The second kappa shape index (κ2) is 5.90. The number of hydrogen-bond donors (Lipinski definition) is 2. The molecule has 0 aliphatic heterocycles. The Labute approximate surface area is 121 Å². The first-order valence-electron chi connectivity index (χ1n) is 6.14. The molecule has 0 radical (unpaired) electrons. The van der Waals surface area contributed by atoms with Crippen LogP contribution in [-0.4, -0.2) is 13.4 Å². The van der Waals surface area contributed by atoms with E-state index in [0.29, 0.717) is 0 Å². The maximum absolute atomic E-state index is 12.3. The highest BCUT2D eigenvalue weighted by Crippen LogP contribution is 2.27. The standard InChI is InChI=1S/C13H16N2O3S2/c1-9(2)13(11-4-3-7-19-11)15-20(17,18)12-8-14-6-5-10(12)16/h3-9,13,15H,1-2H3,(H,14,16). The third-order valence-electron chi connectivity index (χ3n) is 2.88. The Morgan fingerprint density at radius 3 is 2.60 bits per heavy atom. The Hall–Kier alpha value is -1.44. The minimum absolute atomic E-state index is 0.0752. The molecule has 1 unspecified atom stereocenters. The molecule has 2 N–H and O–H groups in total. The molecule has 2 rings (SSSR count). The quantitative estimate of drug-likeness (QED) is 0.887. The van der Waals surface area contributed by atoms with Crippen molar-refractivity contribution < 1.29 is 8.42 Å². The SMILES string of the molecule is CC(C)C(NS(=O)(=O)c1c[nH]ccc1=O)c1cccs1. The van der Waals surface area contributed by atoms with Crippen molar-refractivity contribution in [3.05, 3.63) is 51.1 Å². The summed E-state index contributed by atoms with van der Waals surface area (Å²) in [5, 5.41) is 1.90. The molecule has 0 aromatic carbocycles. The molecule has 7 heteroatoms. The molecule has 2 aromatic heterocycles. The number of rotatable bonds is 5. The molecule has 0 saturated heterocycles. The lowest BCUT2D eigenvalue weighted by Gasteiger charge is -2.20. The lowest BCUT2D eigenvalue weighted by molar-refractivity contribution is 0.468. The van der Waals surface area contributed by atoms with Crippen LogP contribution in [-0.2, 0) is 10.0 Å². The fourth-order valence-corrected chi connectivity index (χ4v) is 4.27. The smallest absolute Gasteiger partial charge is 0.246 e. The average Bonchev–Trinajstić information content (AvgIpc) is 2.89. The summed E-state index contributed by atoms with van der Waals surface area (Å²) in [5.74, 6) is 0.0752. The molecule has 5 nitrogen and oxygen atoms in total. The number of pyridine rings is 1. The van der Waals surface area contributed by atoms with Crippen LogP contribution >= 0.6 is 11.3 Å². The van der Waals surface area contributed by atoms with Crippen molar-refractivity contribution in [2.24, 2.45) is 5.92 Å². The molecule has 20 heavy (non-hydrogen) atoms. The summed E-state index contributed by atoms with van der Waals surface area (Å²) in [6.45, 7) is 3.87. The average molecular weight is 312 g/mol. The molecular weight excluding hydrogens is 296 g/mol. The summed E-state index contributed by atoms with van der Waals surface area (Å²) < 4.78 is 27.3. The topological polar surface area (TPSA) is 79.0 Å². The molecule has 2 aromatic rings.